The monoisotopic (exact) mass is 418 g/mol. The van der Waals surface area contributed by atoms with Crippen LogP contribution in [0.3, 0.4) is 0 Å². The van der Waals surface area contributed by atoms with Gasteiger partial charge in [-0.15, -0.1) is 0 Å². The first-order chi connectivity index (χ1) is 15.2. The minimum atomic E-state index is -0.0413. The maximum Gasteiger partial charge on any atom is 0.290 e. The van der Waals surface area contributed by atoms with Crippen molar-refractivity contribution in [2.24, 2.45) is 0 Å². The van der Waals surface area contributed by atoms with E-state index in [9.17, 15) is 4.79 Å². The maximum absolute atomic E-state index is 13.2. The molecule has 1 fully saturated rings. The van der Waals surface area contributed by atoms with Crippen molar-refractivity contribution in [1.29, 1.82) is 0 Å². The molecule has 1 aliphatic rings. The number of rotatable bonds is 8. The van der Waals surface area contributed by atoms with Crippen LogP contribution in [0.15, 0.2) is 77.4 Å². The maximum atomic E-state index is 13.2. The van der Waals surface area contributed by atoms with Crippen molar-refractivity contribution < 1.29 is 13.9 Å². The van der Waals surface area contributed by atoms with Crippen molar-refractivity contribution in [1.82, 2.24) is 9.80 Å². The highest BCUT2D eigenvalue weighted by Crippen LogP contribution is 2.24. The first-order valence-electron chi connectivity index (χ1n) is 11.1. The number of piperidine rings is 1. The molecule has 0 N–H and O–H groups in total. The molecule has 0 bridgehead atoms. The number of likely N-dealkylation sites (tertiary alicyclic amines) is 1. The Bertz CT molecular complexity index is 931. The Balaban J connectivity index is 1.44. The molecule has 0 saturated carbocycles. The summed E-state index contributed by atoms with van der Waals surface area (Å²) in [6.07, 6.45) is 3.47. The first-order valence-corrected chi connectivity index (χ1v) is 11.1. The zero-order valence-corrected chi connectivity index (χ0v) is 18.1. The second-order valence-electron chi connectivity index (χ2n) is 7.98. The van der Waals surface area contributed by atoms with E-state index in [1.807, 2.05) is 36.1 Å². The SMILES string of the molecule is CCOc1ccc(CN(C(=O)c2ccco2)C2CCN(Cc3ccccc3)CC2)cc1. The van der Waals surface area contributed by atoms with E-state index in [1.54, 1.807) is 18.4 Å². The second-order valence-corrected chi connectivity index (χ2v) is 7.98. The van der Waals surface area contributed by atoms with Crippen LogP contribution in [0.4, 0.5) is 0 Å². The lowest BCUT2D eigenvalue weighted by molar-refractivity contribution is 0.0512. The van der Waals surface area contributed by atoms with Gasteiger partial charge in [-0.2, -0.15) is 0 Å². The molecular weight excluding hydrogens is 388 g/mol. The van der Waals surface area contributed by atoms with Gasteiger partial charge in [0.2, 0.25) is 0 Å². The molecule has 5 nitrogen and oxygen atoms in total. The standard InChI is InChI=1S/C26H30N2O3/c1-2-30-24-12-10-22(11-13-24)20-28(26(29)25-9-6-18-31-25)23-14-16-27(17-15-23)19-21-7-4-3-5-8-21/h3-13,18,23H,2,14-17,19-20H2,1H3. The smallest absolute Gasteiger partial charge is 0.290 e. The zero-order valence-electron chi connectivity index (χ0n) is 18.1. The Hall–Kier alpha value is -3.05. The summed E-state index contributed by atoms with van der Waals surface area (Å²) >= 11 is 0. The lowest BCUT2D eigenvalue weighted by atomic mass is 10.0. The van der Waals surface area contributed by atoms with Crippen molar-refractivity contribution >= 4 is 5.91 Å². The highest BCUT2D eigenvalue weighted by molar-refractivity contribution is 5.91. The Labute approximate surface area is 184 Å². The van der Waals surface area contributed by atoms with Gasteiger partial charge in [-0.05, 0) is 55.2 Å². The molecule has 0 unspecified atom stereocenters. The van der Waals surface area contributed by atoms with E-state index in [0.29, 0.717) is 18.9 Å². The predicted octanol–water partition coefficient (Wildman–Crippen LogP) is 4.99. The fraction of sp³-hybridized carbons (Fsp3) is 0.346. The van der Waals surface area contributed by atoms with Crippen LogP contribution < -0.4 is 4.74 Å². The van der Waals surface area contributed by atoms with E-state index in [-0.39, 0.29) is 11.9 Å². The second kappa shape index (κ2) is 10.3. The topological polar surface area (TPSA) is 45.9 Å². The van der Waals surface area contributed by atoms with Crippen LogP contribution in [-0.4, -0.2) is 41.4 Å². The number of carbonyl (C=O) groups excluding carboxylic acids is 1. The fourth-order valence-electron chi connectivity index (χ4n) is 4.19. The van der Waals surface area contributed by atoms with Gasteiger partial charge in [-0.3, -0.25) is 9.69 Å². The minimum Gasteiger partial charge on any atom is -0.494 e. The Morgan fingerprint density at radius 3 is 2.39 bits per heavy atom. The van der Waals surface area contributed by atoms with Gasteiger partial charge < -0.3 is 14.1 Å². The minimum absolute atomic E-state index is 0.0413. The van der Waals surface area contributed by atoms with Gasteiger partial charge in [0.1, 0.15) is 5.75 Å². The summed E-state index contributed by atoms with van der Waals surface area (Å²) in [5.74, 6) is 1.21. The van der Waals surface area contributed by atoms with E-state index >= 15 is 0 Å². The molecule has 31 heavy (non-hydrogen) atoms. The summed E-state index contributed by atoms with van der Waals surface area (Å²) in [5.41, 5.74) is 2.42. The molecule has 1 aliphatic heterocycles. The number of benzene rings is 2. The number of furan rings is 1. The third-order valence-corrected chi connectivity index (χ3v) is 5.83. The molecule has 5 heteroatoms. The van der Waals surface area contributed by atoms with Gasteiger partial charge in [-0.1, -0.05) is 42.5 Å². The number of hydrogen-bond acceptors (Lipinski definition) is 4. The van der Waals surface area contributed by atoms with Gasteiger partial charge in [0.05, 0.1) is 12.9 Å². The normalized spacial score (nSPS) is 15.0. The van der Waals surface area contributed by atoms with Crippen LogP contribution in [0.25, 0.3) is 0 Å². The van der Waals surface area contributed by atoms with E-state index in [1.165, 1.54) is 5.56 Å². The summed E-state index contributed by atoms with van der Waals surface area (Å²) in [5, 5.41) is 0. The van der Waals surface area contributed by atoms with Crippen molar-refractivity contribution in [2.45, 2.75) is 38.9 Å². The van der Waals surface area contributed by atoms with Gasteiger partial charge in [0.15, 0.2) is 5.76 Å². The van der Waals surface area contributed by atoms with Crippen LogP contribution in [0.2, 0.25) is 0 Å². The molecule has 162 valence electrons. The Morgan fingerprint density at radius 2 is 1.74 bits per heavy atom. The summed E-state index contributed by atoms with van der Waals surface area (Å²) in [4.78, 5) is 17.7. The molecule has 0 radical (unpaired) electrons. The van der Waals surface area contributed by atoms with E-state index in [4.69, 9.17) is 9.15 Å². The molecule has 2 heterocycles. The van der Waals surface area contributed by atoms with Gasteiger partial charge in [0.25, 0.3) is 5.91 Å². The molecule has 3 aromatic rings. The molecule has 1 aromatic heterocycles. The van der Waals surface area contributed by atoms with E-state index in [0.717, 1.165) is 43.8 Å². The molecule has 1 amide bonds. The molecule has 4 rings (SSSR count). The summed E-state index contributed by atoms with van der Waals surface area (Å²) < 4.78 is 11.0. The quantitative estimate of drug-likeness (QED) is 0.517. The van der Waals surface area contributed by atoms with E-state index < -0.39 is 0 Å². The number of ether oxygens (including phenoxy) is 1. The molecule has 2 aromatic carbocycles. The van der Waals surface area contributed by atoms with Crippen LogP contribution in [0, 0.1) is 0 Å². The van der Waals surface area contributed by atoms with Gasteiger partial charge in [-0.25, -0.2) is 0 Å². The van der Waals surface area contributed by atoms with E-state index in [2.05, 4.69) is 35.2 Å². The number of carbonyl (C=O) groups is 1. The van der Waals surface area contributed by atoms with Crippen molar-refractivity contribution in [3.63, 3.8) is 0 Å². The average molecular weight is 419 g/mol. The van der Waals surface area contributed by atoms with Crippen LogP contribution in [-0.2, 0) is 13.1 Å². The molecular formula is C26H30N2O3. The largest absolute Gasteiger partial charge is 0.494 e. The van der Waals surface area contributed by atoms with Crippen LogP contribution in [0.5, 0.6) is 5.75 Å². The van der Waals surface area contributed by atoms with Crippen LogP contribution >= 0.6 is 0 Å². The lowest BCUT2D eigenvalue weighted by Crippen LogP contribution is -2.46. The highest BCUT2D eigenvalue weighted by Gasteiger charge is 2.30. The molecule has 0 aliphatic carbocycles. The predicted molar refractivity (Wildman–Crippen MR) is 121 cm³/mol. The summed E-state index contributed by atoms with van der Waals surface area (Å²) in [6, 6.07) is 22.3. The number of hydrogen-bond donors (Lipinski definition) is 0. The Kier molecular flexibility index (Phi) is 7.05. The van der Waals surface area contributed by atoms with Crippen molar-refractivity contribution in [3.05, 3.63) is 89.9 Å². The van der Waals surface area contributed by atoms with Gasteiger partial charge in [0, 0.05) is 32.2 Å². The number of nitrogens with zero attached hydrogens (tertiary/aromatic N) is 2. The average Bonchev–Trinajstić information content (AvgIpc) is 3.35. The summed E-state index contributed by atoms with van der Waals surface area (Å²) in [7, 11) is 0. The third kappa shape index (κ3) is 5.56. The highest BCUT2D eigenvalue weighted by atomic mass is 16.5. The zero-order chi connectivity index (χ0) is 21.5. The first kappa shape index (κ1) is 21.2. The molecule has 0 atom stereocenters. The van der Waals surface area contributed by atoms with Crippen molar-refractivity contribution in [2.75, 3.05) is 19.7 Å². The lowest BCUT2D eigenvalue weighted by Gasteiger charge is -2.38. The summed E-state index contributed by atoms with van der Waals surface area (Å²) in [6.45, 7) is 6.09. The number of amides is 1. The third-order valence-electron chi connectivity index (χ3n) is 5.83. The fourth-order valence-corrected chi connectivity index (χ4v) is 4.19. The van der Waals surface area contributed by atoms with Crippen molar-refractivity contribution in [3.8, 4) is 5.75 Å². The molecule has 0 spiro atoms. The van der Waals surface area contributed by atoms with Crippen LogP contribution in [0.1, 0.15) is 41.4 Å². The van der Waals surface area contributed by atoms with Gasteiger partial charge >= 0.3 is 0 Å². The molecule has 1 saturated heterocycles. The Morgan fingerprint density at radius 1 is 1.00 bits per heavy atom.